The Morgan fingerprint density at radius 2 is 2.31 bits per heavy atom. The van der Waals surface area contributed by atoms with E-state index < -0.39 is 0 Å². The van der Waals surface area contributed by atoms with E-state index >= 15 is 0 Å². The van der Waals surface area contributed by atoms with Crippen LogP contribution in [0.1, 0.15) is 19.8 Å². The third-order valence-corrected chi connectivity index (χ3v) is 2.63. The third kappa shape index (κ3) is 7.42. The molecule has 0 amide bonds. The topological polar surface area (TPSA) is 53.5 Å². The van der Waals surface area contributed by atoms with E-state index in [0.29, 0.717) is 10.5 Å². The van der Waals surface area contributed by atoms with Gasteiger partial charge < -0.3 is 16.0 Å². The van der Waals surface area contributed by atoms with E-state index in [-0.39, 0.29) is 5.06 Å². The van der Waals surface area contributed by atoms with Crippen molar-refractivity contribution in [3.05, 3.63) is 16.9 Å². The fourth-order valence-electron chi connectivity index (χ4n) is 1.04. The lowest BCUT2D eigenvalue weighted by Crippen LogP contribution is -3.03. The molecule has 0 bridgehead atoms. The number of hydrogen-bond acceptors (Lipinski definition) is 2. The molecular formula is C9H19IN2O. The Kier molecular flexibility index (Phi) is 7.93. The second-order valence-electron chi connectivity index (χ2n) is 3.19. The zero-order valence-corrected chi connectivity index (χ0v) is 10.5. The molecule has 0 aromatic heterocycles. The molecule has 0 saturated carbocycles. The minimum absolute atomic E-state index is 0.224. The molecule has 4 heteroatoms. The number of quaternary nitrogens is 1. The third-order valence-electron chi connectivity index (χ3n) is 1.83. The summed E-state index contributed by atoms with van der Waals surface area (Å²) in [6.45, 7) is 3.43. The van der Waals surface area contributed by atoms with Gasteiger partial charge in [-0.15, -0.1) is 0 Å². The maximum Gasteiger partial charge on any atom is 0.0956 e. The maximum atomic E-state index is 10.8. The summed E-state index contributed by atoms with van der Waals surface area (Å²) in [5, 5.41) is 11.0. The molecule has 0 aromatic carbocycles. The first-order chi connectivity index (χ1) is 6.07. The Morgan fingerprint density at radius 3 is 2.69 bits per heavy atom. The van der Waals surface area contributed by atoms with Crippen molar-refractivity contribution in [3.63, 3.8) is 0 Å². The van der Waals surface area contributed by atoms with Gasteiger partial charge in [0.05, 0.1) is 13.6 Å². The van der Waals surface area contributed by atoms with Crippen LogP contribution in [-0.2, 0) is 0 Å². The molecule has 0 aliphatic rings. The molecule has 0 fully saturated rings. The Labute approximate surface area is 94.1 Å². The quantitative estimate of drug-likeness (QED) is 0.324. The highest BCUT2D eigenvalue weighted by atomic mass is 127. The first kappa shape index (κ1) is 13.4. The van der Waals surface area contributed by atoms with Crippen molar-refractivity contribution < 1.29 is 5.06 Å². The monoisotopic (exact) mass is 298 g/mol. The van der Waals surface area contributed by atoms with Gasteiger partial charge in [-0.1, -0.05) is 28.2 Å². The van der Waals surface area contributed by atoms with Crippen molar-refractivity contribution in [2.45, 2.75) is 23.7 Å². The fraction of sp³-hybridized carbons (Fsp3) is 0.778. The second kappa shape index (κ2) is 7.73. The van der Waals surface area contributed by atoms with E-state index in [2.05, 4.69) is 35.6 Å². The molecule has 0 rings (SSSR count). The molecule has 13 heavy (non-hydrogen) atoms. The molecule has 0 aliphatic heterocycles. The predicted octanol–water partition coefficient (Wildman–Crippen LogP) is 0.488. The van der Waals surface area contributed by atoms with Crippen LogP contribution in [0.3, 0.4) is 0 Å². The molecule has 2 atom stereocenters. The molecule has 78 valence electrons. The second-order valence-corrected chi connectivity index (χ2v) is 5.06. The zero-order chi connectivity index (χ0) is 10.3. The zero-order valence-electron chi connectivity index (χ0n) is 8.35. The Bertz CT molecular complexity index is 158. The molecule has 0 aliphatic carbocycles. The van der Waals surface area contributed by atoms with Gasteiger partial charge in [0.1, 0.15) is 0 Å². The Hall–Kier alpha value is 0.350. The normalized spacial score (nSPS) is 17.2. The Morgan fingerprint density at radius 1 is 1.69 bits per heavy atom. The number of nitrogens with two attached hydrogens (primary N) is 1. The van der Waals surface area contributed by atoms with Crippen LogP contribution in [0.4, 0.5) is 0 Å². The average molecular weight is 298 g/mol. The van der Waals surface area contributed by atoms with Crippen LogP contribution in [0.25, 0.3) is 0 Å². The van der Waals surface area contributed by atoms with Crippen LogP contribution in [0.15, 0.2) is 11.6 Å². The summed E-state index contributed by atoms with van der Waals surface area (Å²) in [4.78, 5) is 0. The number of hydroxylamine groups is 2. The van der Waals surface area contributed by atoms with E-state index in [9.17, 15) is 5.21 Å². The number of alkyl halides is 1. The lowest BCUT2D eigenvalue weighted by Gasteiger charge is -2.15. The van der Waals surface area contributed by atoms with E-state index in [1.807, 2.05) is 0 Å². The molecule has 3 N–H and O–H groups in total. The van der Waals surface area contributed by atoms with Crippen LogP contribution < -0.4 is 10.8 Å². The molecule has 0 saturated heterocycles. The standard InChI is InChI=1S/C9H19IN2O/c1-8(10)9(4-3-6-11)5-7-12(2)13/h5,8,12H,3-4,6-7,11H2,1-2H3/b9-5+. The Balaban J connectivity index is 3.99. The SMILES string of the molecule is CC(I)/C(=C/C[NH+](C)[O-])CCCN. The number of hydrogen-bond donors (Lipinski definition) is 2. The van der Waals surface area contributed by atoms with E-state index in [4.69, 9.17) is 5.73 Å². The van der Waals surface area contributed by atoms with Crippen molar-refractivity contribution in [2.75, 3.05) is 20.1 Å². The highest BCUT2D eigenvalue weighted by Crippen LogP contribution is 2.16. The molecular weight excluding hydrogens is 279 g/mol. The summed E-state index contributed by atoms with van der Waals surface area (Å²) in [7, 11) is 1.62. The van der Waals surface area contributed by atoms with Crippen molar-refractivity contribution in [1.82, 2.24) is 0 Å². The molecule has 0 aromatic rings. The summed E-state index contributed by atoms with van der Waals surface area (Å²) in [5.41, 5.74) is 6.78. The van der Waals surface area contributed by atoms with Crippen LogP contribution in [-0.4, -0.2) is 24.1 Å². The van der Waals surface area contributed by atoms with Gasteiger partial charge >= 0.3 is 0 Å². The fourth-order valence-corrected chi connectivity index (χ4v) is 1.61. The van der Waals surface area contributed by atoms with Gasteiger partial charge in [-0.05, 0) is 32.4 Å². The van der Waals surface area contributed by atoms with Crippen molar-refractivity contribution >= 4 is 22.6 Å². The lowest BCUT2D eigenvalue weighted by atomic mass is 10.1. The molecule has 0 heterocycles. The van der Waals surface area contributed by atoms with Gasteiger partial charge in [-0.2, -0.15) is 0 Å². The first-order valence-electron chi connectivity index (χ1n) is 4.60. The largest absolute Gasteiger partial charge is 0.634 e. The lowest BCUT2D eigenvalue weighted by molar-refractivity contribution is -0.818. The summed E-state index contributed by atoms with van der Waals surface area (Å²) in [6.07, 6.45) is 4.08. The number of allylic oxidation sites excluding steroid dienone is 1. The summed E-state index contributed by atoms with van der Waals surface area (Å²) < 4.78 is 0.503. The van der Waals surface area contributed by atoms with Crippen LogP contribution in [0.5, 0.6) is 0 Å². The van der Waals surface area contributed by atoms with Gasteiger partial charge in [-0.3, -0.25) is 0 Å². The number of nitrogens with one attached hydrogen (secondary N) is 1. The molecule has 0 radical (unpaired) electrons. The number of likely N-dealkylation sites (N-methyl/N-ethyl adjacent to an activating group) is 1. The minimum atomic E-state index is 0.224. The van der Waals surface area contributed by atoms with Crippen LogP contribution in [0.2, 0.25) is 0 Å². The van der Waals surface area contributed by atoms with Crippen LogP contribution in [0, 0.1) is 5.21 Å². The minimum Gasteiger partial charge on any atom is -0.634 e. The van der Waals surface area contributed by atoms with E-state index in [1.165, 1.54) is 5.57 Å². The highest BCUT2D eigenvalue weighted by Gasteiger charge is 2.03. The predicted molar refractivity (Wildman–Crippen MR) is 65.0 cm³/mol. The number of rotatable bonds is 6. The van der Waals surface area contributed by atoms with E-state index in [0.717, 1.165) is 19.4 Å². The van der Waals surface area contributed by atoms with Crippen molar-refractivity contribution in [1.29, 1.82) is 0 Å². The smallest absolute Gasteiger partial charge is 0.0956 e. The maximum absolute atomic E-state index is 10.8. The summed E-state index contributed by atoms with van der Waals surface area (Å²) in [6, 6.07) is 0. The summed E-state index contributed by atoms with van der Waals surface area (Å²) >= 11 is 2.37. The highest BCUT2D eigenvalue weighted by molar-refractivity contribution is 14.1. The summed E-state index contributed by atoms with van der Waals surface area (Å²) in [5.74, 6) is 0. The van der Waals surface area contributed by atoms with Crippen LogP contribution >= 0.6 is 22.6 Å². The van der Waals surface area contributed by atoms with Gasteiger partial charge in [0.2, 0.25) is 0 Å². The molecule has 2 unspecified atom stereocenters. The van der Waals surface area contributed by atoms with Crippen molar-refractivity contribution in [2.24, 2.45) is 5.73 Å². The van der Waals surface area contributed by atoms with E-state index in [1.54, 1.807) is 7.05 Å². The first-order valence-corrected chi connectivity index (χ1v) is 5.85. The number of halogens is 1. The average Bonchev–Trinajstić information content (AvgIpc) is 2.03. The van der Waals surface area contributed by atoms with Gasteiger partial charge in [0.15, 0.2) is 0 Å². The van der Waals surface area contributed by atoms with Gasteiger partial charge in [0, 0.05) is 3.92 Å². The van der Waals surface area contributed by atoms with Gasteiger partial charge in [-0.25, -0.2) is 0 Å². The molecule has 0 spiro atoms. The van der Waals surface area contributed by atoms with Gasteiger partial charge in [0.25, 0.3) is 0 Å². The molecule has 3 nitrogen and oxygen atoms in total. The van der Waals surface area contributed by atoms with Crippen molar-refractivity contribution in [3.8, 4) is 0 Å².